The first-order valence-corrected chi connectivity index (χ1v) is 7.89. The molecular formula is C17H26N2. The van der Waals surface area contributed by atoms with Gasteiger partial charge in [0.1, 0.15) is 0 Å². The highest BCUT2D eigenvalue weighted by Gasteiger charge is 2.15. The van der Waals surface area contributed by atoms with Gasteiger partial charge in [-0.05, 0) is 62.3 Å². The molecule has 1 fully saturated rings. The molecule has 0 aromatic heterocycles. The van der Waals surface area contributed by atoms with E-state index in [1.54, 1.807) is 5.56 Å². The molecule has 104 valence electrons. The summed E-state index contributed by atoms with van der Waals surface area (Å²) in [6.45, 7) is 2.43. The van der Waals surface area contributed by atoms with Gasteiger partial charge in [0.15, 0.2) is 0 Å². The molecule has 3 rings (SSSR count). The van der Waals surface area contributed by atoms with Gasteiger partial charge in [-0.2, -0.15) is 0 Å². The van der Waals surface area contributed by atoms with Gasteiger partial charge in [0, 0.05) is 25.3 Å². The number of nitrogens with one attached hydrogen (secondary N) is 1. The number of anilines is 1. The lowest BCUT2D eigenvalue weighted by molar-refractivity contribution is 0.383. The molecule has 2 nitrogen and oxygen atoms in total. The summed E-state index contributed by atoms with van der Waals surface area (Å²) < 4.78 is 0. The first kappa shape index (κ1) is 13.0. The van der Waals surface area contributed by atoms with Gasteiger partial charge in [-0.15, -0.1) is 0 Å². The number of benzene rings is 1. The zero-order valence-corrected chi connectivity index (χ0v) is 12.1. The van der Waals surface area contributed by atoms with Crippen molar-refractivity contribution in [2.24, 2.45) is 0 Å². The summed E-state index contributed by atoms with van der Waals surface area (Å²) in [5, 5.41) is 3.65. The average Bonchev–Trinajstić information content (AvgIpc) is 2.46. The molecule has 0 amide bonds. The van der Waals surface area contributed by atoms with Crippen LogP contribution in [0.3, 0.4) is 0 Å². The van der Waals surface area contributed by atoms with Gasteiger partial charge >= 0.3 is 0 Å². The Morgan fingerprint density at radius 1 is 1.26 bits per heavy atom. The summed E-state index contributed by atoms with van der Waals surface area (Å²) >= 11 is 0. The van der Waals surface area contributed by atoms with Crippen molar-refractivity contribution in [2.75, 3.05) is 25.0 Å². The average molecular weight is 258 g/mol. The predicted molar refractivity (Wildman–Crippen MR) is 82.0 cm³/mol. The van der Waals surface area contributed by atoms with Crippen molar-refractivity contribution in [3.63, 3.8) is 0 Å². The van der Waals surface area contributed by atoms with Crippen LogP contribution < -0.4 is 10.2 Å². The van der Waals surface area contributed by atoms with Crippen LogP contribution in [-0.2, 0) is 12.8 Å². The van der Waals surface area contributed by atoms with Crippen molar-refractivity contribution < 1.29 is 0 Å². The van der Waals surface area contributed by atoms with E-state index in [2.05, 4.69) is 35.5 Å². The van der Waals surface area contributed by atoms with Gasteiger partial charge < -0.3 is 10.2 Å². The van der Waals surface area contributed by atoms with Gasteiger partial charge in [-0.25, -0.2) is 0 Å². The maximum Gasteiger partial charge on any atom is 0.0396 e. The van der Waals surface area contributed by atoms with Crippen molar-refractivity contribution in [3.8, 4) is 0 Å². The third kappa shape index (κ3) is 3.11. The Hall–Kier alpha value is -1.02. The number of rotatable bonds is 3. The normalized spacial score (nSPS) is 23.2. The van der Waals surface area contributed by atoms with Crippen LogP contribution in [0.25, 0.3) is 0 Å². The Morgan fingerprint density at radius 3 is 3.05 bits per heavy atom. The van der Waals surface area contributed by atoms with Crippen molar-refractivity contribution in [3.05, 3.63) is 29.3 Å². The molecule has 0 saturated carbocycles. The molecule has 1 aromatic carbocycles. The molecule has 0 bridgehead atoms. The number of hydrogen-bond acceptors (Lipinski definition) is 2. The summed E-state index contributed by atoms with van der Waals surface area (Å²) in [4.78, 5) is 2.39. The standard InChI is InChI=1S/C17H26N2/c1-19-12-4-5-15-13-14(8-10-17(15)19)7-9-16-6-2-3-11-18-16/h8,10,13,16,18H,2-7,9,11-12H2,1H3. The van der Waals surface area contributed by atoms with Crippen LogP contribution in [-0.4, -0.2) is 26.2 Å². The van der Waals surface area contributed by atoms with Crippen LogP contribution in [0.15, 0.2) is 18.2 Å². The zero-order chi connectivity index (χ0) is 13.1. The molecule has 2 aliphatic rings. The predicted octanol–water partition coefficient (Wildman–Crippen LogP) is 3.14. The number of nitrogens with zero attached hydrogens (tertiary/aromatic N) is 1. The van der Waals surface area contributed by atoms with E-state index in [1.807, 2.05) is 0 Å². The van der Waals surface area contributed by atoms with Gasteiger partial charge in [0.25, 0.3) is 0 Å². The van der Waals surface area contributed by atoms with Crippen LogP contribution >= 0.6 is 0 Å². The van der Waals surface area contributed by atoms with E-state index >= 15 is 0 Å². The van der Waals surface area contributed by atoms with Crippen molar-refractivity contribution >= 4 is 5.69 Å². The fourth-order valence-corrected chi connectivity index (χ4v) is 3.51. The molecule has 0 radical (unpaired) electrons. The van der Waals surface area contributed by atoms with Gasteiger partial charge in [-0.1, -0.05) is 18.6 Å². The zero-order valence-electron chi connectivity index (χ0n) is 12.1. The second-order valence-corrected chi connectivity index (χ2v) is 6.17. The van der Waals surface area contributed by atoms with E-state index in [9.17, 15) is 0 Å². The molecule has 1 aromatic rings. The summed E-state index contributed by atoms with van der Waals surface area (Å²) in [7, 11) is 2.21. The molecule has 1 saturated heterocycles. The van der Waals surface area contributed by atoms with Gasteiger partial charge in [-0.3, -0.25) is 0 Å². The lowest BCUT2D eigenvalue weighted by Gasteiger charge is -2.28. The molecule has 1 unspecified atom stereocenters. The van der Waals surface area contributed by atoms with E-state index < -0.39 is 0 Å². The Morgan fingerprint density at radius 2 is 2.21 bits per heavy atom. The van der Waals surface area contributed by atoms with Gasteiger partial charge in [0.05, 0.1) is 0 Å². The highest BCUT2D eigenvalue weighted by Crippen LogP contribution is 2.27. The molecule has 1 N–H and O–H groups in total. The number of aryl methyl sites for hydroxylation is 2. The summed E-state index contributed by atoms with van der Waals surface area (Å²) in [6, 6.07) is 7.88. The topological polar surface area (TPSA) is 15.3 Å². The van der Waals surface area contributed by atoms with Crippen LogP contribution in [0.5, 0.6) is 0 Å². The minimum Gasteiger partial charge on any atom is -0.374 e. The van der Waals surface area contributed by atoms with E-state index in [1.165, 1.54) is 69.3 Å². The Kier molecular flexibility index (Phi) is 4.07. The second kappa shape index (κ2) is 5.96. The summed E-state index contributed by atoms with van der Waals surface area (Å²) in [6.07, 6.45) is 9.23. The molecule has 19 heavy (non-hydrogen) atoms. The number of piperidine rings is 1. The molecule has 2 heteroatoms. The highest BCUT2D eigenvalue weighted by atomic mass is 15.1. The molecular weight excluding hydrogens is 232 g/mol. The lowest BCUT2D eigenvalue weighted by Crippen LogP contribution is -2.34. The number of fused-ring (bicyclic) bond motifs is 1. The Bertz CT molecular complexity index is 421. The SMILES string of the molecule is CN1CCCc2cc(CCC3CCCCN3)ccc21. The molecule has 1 atom stereocenters. The minimum atomic E-state index is 0.757. The molecule has 0 spiro atoms. The van der Waals surface area contributed by atoms with Crippen molar-refractivity contribution in [1.29, 1.82) is 0 Å². The smallest absolute Gasteiger partial charge is 0.0396 e. The van der Waals surface area contributed by atoms with Crippen LogP contribution in [0.1, 0.15) is 43.2 Å². The minimum absolute atomic E-state index is 0.757. The third-order valence-corrected chi connectivity index (χ3v) is 4.69. The molecule has 2 heterocycles. The van der Waals surface area contributed by atoms with Crippen molar-refractivity contribution in [2.45, 2.75) is 51.0 Å². The van der Waals surface area contributed by atoms with Gasteiger partial charge in [0.2, 0.25) is 0 Å². The first-order chi connectivity index (χ1) is 9.33. The third-order valence-electron chi connectivity index (χ3n) is 4.69. The summed E-state index contributed by atoms with van der Waals surface area (Å²) in [5.74, 6) is 0. The largest absolute Gasteiger partial charge is 0.374 e. The lowest BCUT2D eigenvalue weighted by atomic mass is 9.95. The fraction of sp³-hybridized carbons (Fsp3) is 0.647. The van der Waals surface area contributed by atoms with Crippen LogP contribution in [0.4, 0.5) is 5.69 Å². The van der Waals surface area contributed by atoms with E-state index in [0.29, 0.717) is 0 Å². The van der Waals surface area contributed by atoms with Crippen LogP contribution in [0, 0.1) is 0 Å². The number of hydrogen-bond donors (Lipinski definition) is 1. The Labute approximate surface area is 117 Å². The molecule has 2 aliphatic heterocycles. The van der Waals surface area contributed by atoms with Crippen molar-refractivity contribution in [1.82, 2.24) is 5.32 Å². The molecule has 0 aliphatic carbocycles. The van der Waals surface area contributed by atoms with E-state index in [4.69, 9.17) is 0 Å². The van der Waals surface area contributed by atoms with Crippen LogP contribution in [0.2, 0.25) is 0 Å². The maximum absolute atomic E-state index is 3.65. The maximum atomic E-state index is 3.65. The fourth-order valence-electron chi connectivity index (χ4n) is 3.51. The van der Waals surface area contributed by atoms with E-state index in [-0.39, 0.29) is 0 Å². The second-order valence-electron chi connectivity index (χ2n) is 6.17. The monoisotopic (exact) mass is 258 g/mol. The first-order valence-electron chi connectivity index (χ1n) is 7.89. The quantitative estimate of drug-likeness (QED) is 0.896. The summed E-state index contributed by atoms with van der Waals surface area (Å²) in [5.41, 5.74) is 4.54. The highest BCUT2D eigenvalue weighted by molar-refractivity contribution is 5.56. The van der Waals surface area contributed by atoms with E-state index in [0.717, 1.165) is 6.04 Å². The Balaban J connectivity index is 1.62.